The minimum atomic E-state index is 0.0570. The van der Waals surface area contributed by atoms with Crippen molar-refractivity contribution in [3.05, 3.63) is 28.8 Å². The molecule has 0 radical (unpaired) electrons. The first-order valence-corrected chi connectivity index (χ1v) is 7.90. The summed E-state index contributed by atoms with van der Waals surface area (Å²) in [5.74, 6) is 0.739. The van der Waals surface area contributed by atoms with E-state index in [0.29, 0.717) is 28.2 Å². The zero-order valence-electron chi connectivity index (χ0n) is 11.6. The highest BCUT2D eigenvalue weighted by atomic mass is 35.5. The summed E-state index contributed by atoms with van der Waals surface area (Å²) in [6.45, 7) is 0.853. The van der Waals surface area contributed by atoms with E-state index in [0.717, 1.165) is 19.4 Å². The quantitative estimate of drug-likeness (QED) is 0.802. The smallest absolute Gasteiger partial charge is 0.256 e. The maximum absolute atomic E-state index is 12.8. The number of fused-ring (bicyclic) bond motifs is 1. The monoisotopic (exact) mass is 292 g/mol. The van der Waals surface area contributed by atoms with Crippen LogP contribution in [0.3, 0.4) is 0 Å². The van der Waals surface area contributed by atoms with Crippen molar-refractivity contribution >= 4 is 23.2 Å². The molecule has 3 nitrogen and oxygen atoms in total. The molecule has 1 aliphatic heterocycles. The number of rotatable bonds is 1. The molecule has 1 aliphatic carbocycles. The van der Waals surface area contributed by atoms with Crippen LogP contribution in [-0.4, -0.2) is 23.4 Å². The van der Waals surface area contributed by atoms with Crippen molar-refractivity contribution < 1.29 is 4.79 Å². The van der Waals surface area contributed by atoms with Gasteiger partial charge in [-0.15, -0.1) is 0 Å². The van der Waals surface area contributed by atoms with Gasteiger partial charge in [0.1, 0.15) is 0 Å². The number of nitrogen functional groups attached to an aromatic ring is 1. The number of carbonyl (C=O) groups is 1. The average molecular weight is 293 g/mol. The third-order valence-electron chi connectivity index (χ3n) is 4.75. The number of amides is 1. The molecule has 1 saturated heterocycles. The van der Waals surface area contributed by atoms with Gasteiger partial charge in [-0.05, 0) is 49.8 Å². The van der Waals surface area contributed by atoms with Gasteiger partial charge in [0.05, 0.1) is 5.56 Å². The lowest BCUT2D eigenvalue weighted by atomic mass is 9.78. The lowest BCUT2D eigenvalue weighted by Crippen LogP contribution is -2.49. The Balaban J connectivity index is 1.87. The Hall–Kier alpha value is -1.22. The number of likely N-dealkylation sites (tertiary alicyclic amines) is 1. The van der Waals surface area contributed by atoms with Gasteiger partial charge in [0, 0.05) is 23.3 Å². The minimum absolute atomic E-state index is 0.0570. The van der Waals surface area contributed by atoms with E-state index in [1.165, 1.54) is 25.7 Å². The van der Waals surface area contributed by atoms with Crippen LogP contribution in [0.4, 0.5) is 5.69 Å². The fourth-order valence-corrected chi connectivity index (χ4v) is 3.92. The van der Waals surface area contributed by atoms with Gasteiger partial charge >= 0.3 is 0 Å². The third-order valence-corrected chi connectivity index (χ3v) is 4.98. The van der Waals surface area contributed by atoms with Crippen LogP contribution in [0.5, 0.6) is 0 Å². The van der Waals surface area contributed by atoms with E-state index in [9.17, 15) is 4.79 Å². The molecule has 2 unspecified atom stereocenters. The second-order valence-corrected chi connectivity index (χ2v) is 6.42. The normalized spacial score (nSPS) is 26.1. The van der Waals surface area contributed by atoms with Gasteiger partial charge in [-0.25, -0.2) is 0 Å². The topological polar surface area (TPSA) is 46.3 Å². The Morgan fingerprint density at radius 3 is 2.80 bits per heavy atom. The number of benzene rings is 1. The molecule has 2 aliphatic rings. The highest BCUT2D eigenvalue weighted by Gasteiger charge is 2.36. The Morgan fingerprint density at radius 2 is 1.95 bits per heavy atom. The second kappa shape index (κ2) is 5.65. The van der Waals surface area contributed by atoms with Gasteiger partial charge in [-0.1, -0.05) is 24.4 Å². The molecular weight excluding hydrogens is 272 g/mol. The SMILES string of the molecule is Nc1ccc(Cl)cc1C(=O)N1CCCC2CCCCC21. The predicted octanol–water partition coefficient (Wildman–Crippen LogP) is 3.72. The first-order valence-electron chi connectivity index (χ1n) is 7.53. The molecule has 1 aromatic carbocycles. The summed E-state index contributed by atoms with van der Waals surface area (Å²) in [7, 11) is 0. The summed E-state index contributed by atoms with van der Waals surface area (Å²) in [4.78, 5) is 14.9. The number of halogens is 1. The summed E-state index contributed by atoms with van der Waals surface area (Å²) >= 11 is 6.01. The molecule has 0 bridgehead atoms. The van der Waals surface area contributed by atoms with E-state index >= 15 is 0 Å². The van der Waals surface area contributed by atoms with Crippen LogP contribution in [0.15, 0.2) is 18.2 Å². The zero-order chi connectivity index (χ0) is 14.1. The van der Waals surface area contributed by atoms with Gasteiger partial charge < -0.3 is 10.6 Å². The Kier molecular flexibility index (Phi) is 3.88. The molecule has 1 saturated carbocycles. The predicted molar refractivity (Wildman–Crippen MR) is 81.9 cm³/mol. The summed E-state index contributed by atoms with van der Waals surface area (Å²) in [5.41, 5.74) is 7.04. The largest absolute Gasteiger partial charge is 0.398 e. The van der Waals surface area contributed by atoms with Crippen molar-refractivity contribution in [1.29, 1.82) is 0 Å². The molecule has 1 aromatic rings. The van der Waals surface area contributed by atoms with Crippen molar-refractivity contribution in [2.75, 3.05) is 12.3 Å². The molecule has 2 atom stereocenters. The molecule has 1 heterocycles. The van der Waals surface area contributed by atoms with Crippen LogP contribution in [0.1, 0.15) is 48.9 Å². The van der Waals surface area contributed by atoms with Gasteiger partial charge in [0.25, 0.3) is 5.91 Å². The first kappa shape index (κ1) is 13.7. The van der Waals surface area contributed by atoms with Gasteiger partial charge in [0.15, 0.2) is 0 Å². The summed E-state index contributed by atoms with van der Waals surface area (Å²) < 4.78 is 0. The van der Waals surface area contributed by atoms with Crippen LogP contribution >= 0.6 is 11.6 Å². The van der Waals surface area contributed by atoms with Crippen molar-refractivity contribution in [2.45, 2.75) is 44.6 Å². The summed E-state index contributed by atoms with van der Waals surface area (Å²) in [5, 5.41) is 0.569. The zero-order valence-corrected chi connectivity index (χ0v) is 12.4. The van der Waals surface area contributed by atoms with Crippen molar-refractivity contribution in [1.82, 2.24) is 4.90 Å². The van der Waals surface area contributed by atoms with E-state index < -0.39 is 0 Å². The van der Waals surface area contributed by atoms with Crippen molar-refractivity contribution in [3.63, 3.8) is 0 Å². The molecular formula is C16H21ClN2O. The van der Waals surface area contributed by atoms with Crippen LogP contribution < -0.4 is 5.73 Å². The third kappa shape index (κ3) is 2.51. The van der Waals surface area contributed by atoms with E-state index in [1.807, 2.05) is 0 Å². The van der Waals surface area contributed by atoms with Gasteiger partial charge in [-0.2, -0.15) is 0 Å². The molecule has 20 heavy (non-hydrogen) atoms. The second-order valence-electron chi connectivity index (χ2n) is 5.98. The highest BCUT2D eigenvalue weighted by molar-refractivity contribution is 6.31. The van der Waals surface area contributed by atoms with Crippen LogP contribution in [0.25, 0.3) is 0 Å². The van der Waals surface area contributed by atoms with Crippen molar-refractivity contribution in [2.24, 2.45) is 5.92 Å². The molecule has 3 rings (SSSR count). The number of nitrogens with two attached hydrogens (primary N) is 1. The molecule has 0 spiro atoms. The van der Waals surface area contributed by atoms with Crippen LogP contribution in [0.2, 0.25) is 5.02 Å². The van der Waals surface area contributed by atoms with Gasteiger partial charge in [0.2, 0.25) is 0 Å². The van der Waals surface area contributed by atoms with Crippen LogP contribution in [0, 0.1) is 5.92 Å². The molecule has 0 aromatic heterocycles. The van der Waals surface area contributed by atoms with Crippen LogP contribution in [-0.2, 0) is 0 Å². The number of nitrogens with zero attached hydrogens (tertiary/aromatic N) is 1. The fraction of sp³-hybridized carbons (Fsp3) is 0.562. The van der Waals surface area contributed by atoms with Crippen molar-refractivity contribution in [3.8, 4) is 0 Å². The number of piperidine rings is 1. The lowest BCUT2D eigenvalue weighted by molar-refractivity contribution is 0.0391. The van der Waals surface area contributed by atoms with E-state index in [1.54, 1.807) is 18.2 Å². The first-order chi connectivity index (χ1) is 9.66. The lowest BCUT2D eigenvalue weighted by Gasteiger charge is -2.44. The molecule has 2 N–H and O–H groups in total. The Bertz CT molecular complexity index is 515. The molecule has 2 fully saturated rings. The molecule has 4 heteroatoms. The fourth-order valence-electron chi connectivity index (χ4n) is 3.75. The summed E-state index contributed by atoms with van der Waals surface area (Å²) in [6.07, 6.45) is 7.31. The minimum Gasteiger partial charge on any atom is -0.398 e. The van der Waals surface area contributed by atoms with E-state index in [-0.39, 0.29) is 5.91 Å². The average Bonchev–Trinajstić information content (AvgIpc) is 2.48. The molecule has 1 amide bonds. The Labute approximate surface area is 125 Å². The number of hydrogen-bond acceptors (Lipinski definition) is 2. The highest BCUT2D eigenvalue weighted by Crippen LogP contribution is 2.36. The maximum atomic E-state index is 12.8. The maximum Gasteiger partial charge on any atom is 0.256 e. The number of hydrogen-bond donors (Lipinski definition) is 1. The van der Waals surface area contributed by atoms with Gasteiger partial charge in [-0.3, -0.25) is 4.79 Å². The van der Waals surface area contributed by atoms with E-state index in [4.69, 9.17) is 17.3 Å². The Morgan fingerprint density at radius 1 is 1.20 bits per heavy atom. The number of anilines is 1. The summed E-state index contributed by atoms with van der Waals surface area (Å²) in [6, 6.07) is 5.56. The standard InChI is InChI=1S/C16H21ClN2O/c17-12-7-8-14(18)13(10-12)16(20)19-9-3-5-11-4-1-2-6-15(11)19/h7-8,10-11,15H,1-6,9,18H2. The molecule has 108 valence electrons. The van der Waals surface area contributed by atoms with E-state index in [2.05, 4.69) is 4.90 Å². The number of carbonyl (C=O) groups excluding carboxylic acids is 1.